The molecule has 1 aromatic heterocycles. The molecule has 1 atom stereocenters. The summed E-state index contributed by atoms with van der Waals surface area (Å²) >= 11 is 1.41. The molecule has 0 saturated heterocycles. The number of anilines is 1. The van der Waals surface area contributed by atoms with Gasteiger partial charge in [-0.05, 0) is 18.9 Å². The van der Waals surface area contributed by atoms with E-state index in [1.54, 1.807) is 7.05 Å². The number of unbranched alkanes of at least 4 members (excludes halogenated alkanes) is 4. The molecule has 0 saturated carbocycles. The first-order chi connectivity index (χ1) is 15.0. The normalized spacial score (nSPS) is 11.8. The Morgan fingerprint density at radius 2 is 1.87 bits per heavy atom. The summed E-state index contributed by atoms with van der Waals surface area (Å²) in [4.78, 5) is 29.6. The highest BCUT2D eigenvalue weighted by molar-refractivity contribution is 7.14. The van der Waals surface area contributed by atoms with E-state index in [2.05, 4.69) is 17.2 Å². The number of hydrogen-bond acceptors (Lipinski definition) is 5. The van der Waals surface area contributed by atoms with Crippen LogP contribution in [0.2, 0.25) is 0 Å². The van der Waals surface area contributed by atoms with Crippen molar-refractivity contribution in [3.63, 3.8) is 0 Å². The van der Waals surface area contributed by atoms with Gasteiger partial charge in [-0.25, -0.2) is 9.78 Å². The molecule has 2 amide bonds. The second-order valence-corrected chi connectivity index (χ2v) is 8.22. The number of nitrogens with zero attached hydrogens (tertiary/aromatic N) is 2. The zero-order valence-electron chi connectivity index (χ0n) is 18.6. The van der Waals surface area contributed by atoms with E-state index in [1.807, 2.05) is 36.6 Å². The largest absolute Gasteiger partial charge is 0.481 e. The number of aliphatic carboxylic acids is 1. The third-order valence-electron chi connectivity index (χ3n) is 4.95. The maximum atomic E-state index is 12.4. The average molecular weight is 448 g/mol. The number of benzene rings is 1. The monoisotopic (exact) mass is 447 g/mol. The molecular formula is C23H33N3O4S. The number of hydrogen-bond donors (Lipinski definition) is 2. The molecule has 0 bridgehead atoms. The van der Waals surface area contributed by atoms with Gasteiger partial charge in [-0.3, -0.25) is 9.69 Å². The first kappa shape index (κ1) is 24.8. The highest BCUT2D eigenvalue weighted by Gasteiger charge is 2.17. The lowest BCUT2D eigenvalue weighted by molar-refractivity contribution is -0.140. The van der Waals surface area contributed by atoms with Gasteiger partial charge in [0.2, 0.25) is 0 Å². The molecule has 0 unspecified atom stereocenters. The SMILES string of the molecule is CCCCCCCNC(=O)N(C)c1nc(-c2ccc([C@H](CC(=O)O)OCC)cc2)cs1. The molecule has 170 valence electrons. The Balaban J connectivity index is 1.95. The number of carbonyl (C=O) groups excluding carboxylic acids is 1. The van der Waals surface area contributed by atoms with Crippen LogP contribution in [0.4, 0.5) is 9.93 Å². The number of amides is 2. The smallest absolute Gasteiger partial charge is 0.323 e. The number of urea groups is 1. The van der Waals surface area contributed by atoms with Crippen molar-refractivity contribution in [2.45, 2.75) is 58.5 Å². The predicted molar refractivity (Wildman–Crippen MR) is 125 cm³/mol. The van der Waals surface area contributed by atoms with Crippen LogP contribution in [0, 0.1) is 0 Å². The Morgan fingerprint density at radius 1 is 1.16 bits per heavy atom. The Kier molecular flexibility index (Phi) is 10.5. The standard InChI is InChI=1S/C23H33N3O4S/c1-4-6-7-8-9-14-24-22(29)26(3)23-25-19(16-31-23)17-10-12-18(13-11-17)20(30-5-2)15-21(27)28/h10-13,16,20H,4-9,14-15H2,1-3H3,(H,24,29)(H,27,28)/t20-/m0/s1. The van der Waals surface area contributed by atoms with E-state index < -0.39 is 12.1 Å². The maximum absolute atomic E-state index is 12.4. The number of nitrogens with one attached hydrogen (secondary N) is 1. The van der Waals surface area contributed by atoms with Gasteiger partial charge in [0.15, 0.2) is 5.13 Å². The van der Waals surface area contributed by atoms with Gasteiger partial charge in [-0.15, -0.1) is 11.3 Å². The van der Waals surface area contributed by atoms with Gasteiger partial charge in [0.25, 0.3) is 0 Å². The van der Waals surface area contributed by atoms with Gasteiger partial charge in [0.05, 0.1) is 18.2 Å². The molecule has 2 N–H and O–H groups in total. The fourth-order valence-electron chi connectivity index (χ4n) is 3.18. The lowest BCUT2D eigenvalue weighted by Crippen LogP contribution is -2.37. The van der Waals surface area contributed by atoms with Crippen LogP contribution in [0.15, 0.2) is 29.6 Å². The van der Waals surface area contributed by atoms with Crippen molar-refractivity contribution in [1.82, 2.24) is 10.3 Å². The molecular weight excluding hydrogens is 414 g/mol. The van der Waals surface area contributed by atoms with Gasteiger partial charge < -0.3 is 15.2 Å². The Morgan fingerprint density at radius 3 is 2.52 bits per heavy atom. The summed E-state index contributed by atoms with van der Waals surface area (Å²) in [5.41, 5.74) is 2.50. The summed E-state index contributed by atoms with van der Waals surface area (Å²) in [7, 11) is 1.72. The third-order valence-corrected chi connectivity index (χ3v) is 5.86. The molecule has 31 heavy (non-hydrogen) atoms. The van der Waals surface area contributed by atoms with Crippen LogP contribution in [0.1, 0.15) is 64.0 Å². The Labute approximate surface area is 188 Å². The van der Waals surface area contributed by atoms with Gasteiger partial charge in [0.1, 0.15) is 0 Å². The highest BCUT2D eigenvalue weighted by Crippen LogP contribution is 2.29. The molecule has 0 aliphatic heterocycles. The molecule has 0 aliphatic carbocycles. The van der Waals surface area contributed by atoms with Crippen LogP contribution in [0.3, 0.4) is 0 Å². The first-order valence-electron chi connectivity index (χ1n) is 10.9. The number of ether oxygens (including phenoxy) is 1. The minimum atomic E-state index is -0.894. The third kappa shape index (κ3) is 7.95. The number of carbonyl (C=O) groups is 2. The summed E-state index contributed by atoms with van der Waals surface area (Å²) in [6, 6.07) is 7.38. The van der Waals surface area contributed by atoms with Crippen molar-refractivity contribution in [2.75, 3.05) is 25.1 Å². The molecule has 2 aromatic rings. The average Bonchev–Trinajstić information content (AvgIpc) is 3.25. The number of aromatic nitrogens is 1. The van der Waals surface area contributed by atoms with Crippen LogP contribution in [-0.2, 0) is 9.53 Å². The summed E-state index contributed by atoms with van der Waals surface area (Å²) in [6.45, 7) is 5.15. The van der Waals surface area contributed by atoms with E-state index in [4.69, 9.17) is 9.84 Å². The fraction of sp³-hybridized carbons (Fsp3) is 0.522. The lowest BCUT2D eigenvalue weighted by atomic mass is 10.0. The second kappa shape index (κ2) is 13.1. The molecule has 1 heterocycles. The van der Waals surface area contributed by atoms with Gasteiger partial charge in [0, 0.05) is 31.1 Å². The van der Waals surface area contributed by atoms with E-state index in [0.717, 1.165) is 29.7 Å². The molecule has 7 nitrogen and oxygen atoms in total. The summed E-state index contributed by atoms with van der Waals surface area (Å²) in [5.74, 6) is -0.894. The summed E-state index contributed by atoms with van der Waals surface area (Å²) in [5, 5.41) is 14.6. The van der Waals surface area contributed by atoms with Crippen molar-refractivity contribution < 1.29 is 19.4 Å². The molecule has 1 aromatic carbocycles. The van der Waals surface area contributed by atoms with Crippen molar-refractivity contribution >= 4 is 28.5 Å². The zero-order valence-corrected chi connectivity index (χ0v) is 19.4. The molecule has 0 spiro atoms. The predicted octanol–water partition coefficient (Wildman–Crippen LogP) is 5.48. The summed E-state index contributed by atoms with van der Waals surface area (Å²) < 4.78 is 5.56. The van der Waals surface area contributed by atoms with Crippen LogP contribution in [0.5, 0.6) is 0 Å². The van der Waals surface area contributed by atoms with E-state index in [1.165, 1.54) is 35.5 Å². The van der Waals surface area contributed by atoms with Crippen molar-refractivity contribution in [1.29, 1.82) is 0 Å². The Bertz CT molecular complexity index is 822. The van der Waals surface area contributed by atoms with Gasteiger partial charge in [-0.1, -0.05) is 56.9 Å². The minimum absolute atomic E-state index is 0.0768. The van der Waals surface area contributed by atoms with Crippen molar-refractivity contribution in [3.8, 4) is 11.3 Å². The van der Waals surface area contributed by atoms with E-state index in [-0.39, 0.29) is 12.5 Å². The van der Waals surface area contributed by atoms with Crippen LogP contribution >= 0.6 is 11.3 Å². The molecule has 0 aliphatic rings. The topological polar surface area (TPSA) is 91.8 Å². The lowest BCUT2D eigenvalue weighted by Gasteiger charge is -2.16. The zero-order chi connectivity index (χ0) is 22.6. The number of thiazole rings is 1. The van der Waals surface area contributed by atoms with E-state index in [9.17, 15) is 9.59 Å². The Hall–Kier alpha value is -2.45. The van der Waals surface area contributed by atoms with Crippen molar-refractivity contribution in [3.05, 3.63) is 35.2 Å². The van der Waals surface area contributed by atoms with Crippen LogP contribution in [0.25, 0.3) is 11.3 Å². The molecule has 2 rings (SSSR count). The number of carboxylic acids is 1. The first-order valence-corrected chi connectivity index (χ1v) is 11.7. The quantitative estimate of drug-likeness (QED) is 0.397. The summed E-state index contributed by atoms with van der Waals surface area (Å²) in [6.07, 6.45) is 5.22. The maximum Gasteiger partial charge on any atom is 0.323 e. The van der Waals surface area contributed by atoms with Crippen molar-refractivity contribution in [2.24, 2.45) is 0 Å². The van der Waals surface area contributed by atoms with Gasteiger partial charge >= 0.3 is 12.0 Å². The van der Waals surface area contributed by atoms with Gasteiger partial charge in [-0.2, -0.15) is 0 Å². The van der Waals surface area contributed by atoms with E-state index in [0.29, 0.717) is 18.3 Å². The number of rotatable bonds is 13. The molecule has 0 fully saturated rings. The molecule has 8 heteroatoms. The fourth-order valence-corrected chi connectivity index (χ4v) is 3.98. The van der Waals surface area contributed by atoms with Crippen LogP contribution < -0.4 is 10.2 Å². The van der Waals surface area contributed by atoms with E-state index >= 15 is 0 Å². The highest BCUT2D eigenvalue weighted by atomic mass is 32.1. The second-order valence-electron chi connectivity index (χ2n) is 7.38. The van der Waals surface area contributed by atoms with Crippen LogP contribution in [-0.4, -0.2) is 42.3 Å². The molecule has 0 radical (unpaired) electrons. The minimum Gasteiger partial charge on any atom is -0.481 e. The number of carboxylic acid groups (broad SMARTS) is 1.